The summed E-state index contributed by atoms with van der Waals surface area (Å²) in [6.07, 6.45) is 4.85. The van der Waals surface area contributed by atoms with E-state index in [1.807, 2.05) is 18.2 Å². The fourth-order valence-corrected chi connectivity index (χ4v) is 3.27. The predicted octanol–water partition coefficient (Wildman–Crippen LogP) is 2.63. The van der Waals surface area contributed by atoms with Gasteiger partial charge < -0.3 is 10.4 Å². The Balaban J connectivity index is 1.59. The van der Waals surface area contributed by atoms with Crippen LogP contribution in [0.15, 0.2) is 29.8 Å². The Morgan fingerprint density at radius 1 is 1.32 bits per heavy atom. The van der Waals surface area contributed by atoms with Crippen LogP contribution in [-0.4, -0.2) is 33.3 Å². The highest BCUT2D eigenvalue weighted by molar-refractivity contribution is 7.13. The number of hydrogen-bond donors (Lipinski definition) is 3. The van der Waals surface area contributed by atoms with Gasteiger partial charge in [-0.1, -0.05) is 18.9 Å². The number of nitrogens with zero attached hydrogens (tertiary/aromatic N) is 2. The fraction of sp³-hybridized carbons (Fsp3) is 0.400. The molecule has 0 spiro atoms. The van der Waals surface area contributed by atoms with Crippen LogP contribution in [0.1, 0.15) is 25.7 Å². The monoisotopic (exact) mass is 318 g/mol. The van der Waals surface area contributed by atoms with E-state index in [1.165, 1.54) is 11.3 Å². The van der Waals surface area contributed by atoms with E-state index in [2.05, 4.69) is 20.6 Å². The molecule has 6 nitrogen and oxygen atoms in total. The number of amides is 2. The smallest absolute Gasteiger partial charge is 0.320 e. The maximum absolute atomic E-state index is 12.0. The van der Waals surface area contributed by atoms with Gasteiger partial charge in [-0.2, -0.15) is 0 Å². The standard InChI is InChI=1S/C15H18N4O2S/c20-12-7-2-1-5-10(12)17-15(21)19-13-9-22-14(18-13)11-6-3-4-8-16-11/h3-4,6,8-10,12,20H,1-2,5,7H2,(H2,17,19,21)/t10-,12+/m1/s1. The molecule has 0 aliphatic heterocycles. The number of aliphatic hydroxyl groups excluding tert-OH is 1. The first kappa shape index (κ1) is 14.9. The molecule has 2 heterocycles. The van der Waals surface area contributed by atoms with Gasteiger partial charge >= 0.3 is 6.03 Å². The molecular formula is C15H18N4O2S. The van der Waals surface area contributed by atoms with Crippen molar-refractivity contribution < 1.29 is 9.90 Å². The molecule has 1 saturated carbocycles. The second kappa shape index (κ2) is 6.85. The summed E-state index contributed by atoms with van der Waals surface area (Å²) in [5, 5.41) is 17.9. The number of hydrogen-bond acceptors (Lipinski definition) is 5. The van der Waals surface area contributed by atoms with Crippen LogP contribution < -0.4 is 10.6 Å². The van der Waals surface area contributed by atoms with Gasteiger partial charge in [0, 0.05) is 11.6 Å². The van der Waals surface area contributed by atoms with Gasteiger partial charge in [0.1, 0.15) is 10.8 Å². The Hall–Kier alpha value is -1.99. The molecule has 0 bridgehead atoms. The zero-order chi connectivity index (χ0) is 15.4. The second-order valence-corrected chi connectivity index (χ2v) is 6.17. The van der Waals surface area contributed by atoms with Crippen molar-refractivity contribution in [1.29, 1.82) is 0 Å². The molecule has 116 valence electrons. The van der Waals surface area contributed by atoms with E-state index >= 15 is 0 Å². The highest BCUT2D eigenvalue weighted by Gasteiger charge is 2.24. The zero-order valence-electron chi connectivity index (χ0n) is 12.0. The molecular weight excluding hydrogens is 300 g/mol. The molecule has 2 aromatic heterocycles. The molecule has 0 aromatic carbocycles. The number of nitrogens with one attached hydrogen (secondary N) is 2. The number of carbonyl (C=O) groups excluding carboxylic acids is 1. The Labute approximate surface area is 132 Å². The molecule has 22 heavy (non-hydrogen) atoms. The van der Waals surface area contributed by atoms with Crippen LogP contribution in [0.2, 0.25) is 0 Å². The Morgan fingerprint density at radius 3 is 2.95 bits per heavy atom. The number of urea groups is 1. The molecule has 3 N–H and O–H groups in total. The molecule has 2 aromatic rings. The number of rotatable bonds is 3. The maximum atomic E-state index is 12.0. The van der Waals surface area contributed by atoms with Crippen molar-refractivity contribution in [2.24, 2.45) is 0 Å². The number of anilines is 1. The van der Waals surface area contributed by atoms with Gasteiger partial charge in [-0.25, -0.2) is 9.78 Å². The summed E-state index contributed by atoms with van der Waals surface area (Å²) >= 11 is 1.43. The lowest BCUT2D eigenvalue weighted by molar-refractivity contribution is 0.0955. The average molecular weight is 318 g/mol. The van der Waals surface area contributed by atoms with Crippen LogP contribution in [0.5, 0.6) is 0 Å². The van der Waals surface area contributed by atoms with E-state index in [1.54, 1.807) is 11.6 Å². The third-order valence-corrected chi connectivity index (χ3v) is 4.54. The molecule has 7 heteroatoms. The van der Waals surface area contributed by atoms with E-state index in [0.717, 1.165) is 36.4 Å². The molecule has 1 aliphatic rings. The summed E-state index contributed by atoms with van der Waals surface area (Å²) in [6, 6.07) is 5.11. The minimum atomic E-state index is -0.459. The Bertz CT molecular complexity index is 631. The summed E-state index contributed by atoms with van der Waals surface area (Å²) in [5.74, 6) is 0.494. The topological polar surface area (TPSA) is 87.1 Å². The summed E-state index contributed by atoms with van der Waals surface area (Å²) in [6.45, 7) is 0. The van der Waals surface area contributed by atoms with E-state index in [0.29, 0.717) is 5.82 Å². The molecule has 0 radical (unpaired) electrons. The molecule has 0 unspecified atom stereocenters. The van der Waals surface area contributed by atoms with Gasteiger partial charge in [-0.3, -0.25) is 10.3 Å². The van der Waals surface area contributed by atoms with Crippen molar-refractivity contribution >= 4 is 23.2 Å². The first-order valence-corrected chi connectivity index (χ1v) is 8.23. The normalized spacial score (nSPS) is 21.3. The fourth-order valence-electron chi connectivity index (χ4n) is 2.54. The van der Waals surface area contributed by atoms with Gasteiger partial charge in [-0.05, 0) is 25.0 Å². The summed E-state index contributed by atoms with van der Waals surface area (Å²) in [5.41, 5.74) is 0.781. The SMILES string of the molecule is O=C(Nc1csc(-c2ccccn2)n1)N[C@@H]1CCCC[C@@H]1O. The van der Waals surface area contributed by atoms with Crippen molar-refractivity contribution in [1.82, 2.24) is 15.3 Å². The molecule has 1 aliphatic carbocycles. The van der Waals surface area contributed by atoms with Gasteiger partial charge in [0.05, 0.1) is 17.8 Å². The molecule has 1 fully saturated rings. The molecule has 3 rings (SSSR count). The highest BCUT2D eigenvalue weighted by atomic mass is 32.1. The Kier molecular flexibility index (Phi) is 4.65. The van der Waals surface area contributed by atoms with Crippen molar-refractivity contribution in [2.75, 3.05) is 5.32 Å². The minimum Gasteiger partial charge on any atom is -0.391 e. The summed E-state index contributed by atoms with van der Waals surface area (Å²) < 4.78 is 0. The van der Waals surface area contributed by atoms with Crippen LogP contribution in [0, 0.1) is 0 Å². The van der Waals surface area contributed by atoms with Gasteiger partial charge in [0.2, 0.25) is 0 Å². The van der Waals surface area contributed by atoms with E-state index < -0.39 is 6.10 Å². The van der Waals surface area contributed by atoms with Gasteiger partial charge in [0.15, 0.2) is 0 Å². The van der Waals surface area contributed by atoms with Crippen LogP contribution >= 0.6 is 11.3 Å². The van der Waals surface area contributed by atoms with Crippen molar-refractivity contribution in [2.45, 2.75) is 37.8 Å². The van der Waals surface area contributed by atoms with E-state index in [-0.39, 0.29) is 12.1 Å². The third kappa shape index (κ3) is 3.61. The number of carbonyl (C=O) groups is 1. The third-order valence-electron chi connectivity index (χ3n) is 3.68. The predicted molar refractivity (Wildman–Crippen MR) is 85.8 cm³/mol. The van der Waals surface area contributed by atoms with Crippen LogP contribution in [0.3, 0.4) is 0 Å². The van der Waals surface area contributed by atoms with Crippen LogP contribution in [0.25, 0.3) is 10.7 Å². The first-order chi connectivity index (χ1) is 10.7. The quantitative estimate of drug-likeness (QED) is 0.812. The second-order valence-electron chi connectivity index (χ2n) is 5.31. The molecule has 2 amide bonds. The van der Waals surface area contributed by atoms with E-state index in [4.69, 9.17) is 0 Å². The first-order valence-electron chi connectivity index (χ1n) is 7.35. The lowest BCUT2D eigenvalue weighted by Crippen LogP contribution is -2.46. The van der Waals surface area contributed by atoms with Crippen LogP contribution in [0.4, 0.5) is 10.6 Å². The Morgan fingerprint density at radius 2 is 2.18 bits per heavy atom. The number of pyridine rings is 1. The number of thiazole rings is 1. The van der Waals surface area contributed by atoms with Crippen molar-refractivity contribution in [3.05, 3.63) is 29.8 Å². The lowest BCUT2D eigenvalue weighted by atomic mass is 9.93. The maximum Gasteiger partial charge on any atom is 0.320 e. The highest BCUT2D eigenvalue weighted by Crippen LogP contribution is 2.24. The van der Waals surface area contributed by atoms with Crippen molar-refractivity contribution in [3.63, 3.8) is 0 Å². The van der Waals surface area contributed by atoms with Crippen molar-refractivity contribution in [3.8, 4) is 10.7 Å². The van der Waals surface area contributed by atoms with Crippen LogP contribution in [-0.2, 0) is 0 Å². The van der Waals surface area contributed by atoms with Gasteiger partial charge in [0.25, 0.3) is 0 Å². The summed E-state index contributed by atoms with van der Waals surface area (Å²) in [7, 11) is 0. The lowest BCUT2D eigenvalue weighted by Gasteiger charge is -2.28. The molecule has 0 saturated heterocycles. The minimum absolute atomic E-state index is 0.178. The zero-order valence-corrected chi connectivity index (χ0v) is 12.8. The largest absolute Gasteiger partial charge is 0.391 e. The number of aromatic nitrogens is 2. The summed E-state index contributed by atoms with van der Waals surface area (Å²) in [4.78, 5) is 20.6. The number of aliphatic hydroxyl groups is 1. The average Bonchev–Trinajstić information content (AvgIpc) is 2.99. The molecule has 2 atom stereocenters. The van der Waals surface area contributed by atoms with E-state index in [9.17, 15) is 9.90 Å². The van der Waals surface area contributed by atoms with Gasteiger partial charge in [-0.15, -0.1) is 11.3 Å².